The predicted octanol–water partition coefficient (Wildman–Crippen LogP) is 3.31. The summed E-state index contributed by atoms with van der Waals surface area (Å²) in [5.41, 5.74) is 2.82. The van der Waals surface area contributed by atoms with Gasteiger partial charge >= 0.3 is 0 Å². The van der Waals surface area contributed by atoms with E-state index in [4.69, 9.17) is 0 Å². The van der Waals surface area contributed by atoms with E-state index in [-0.39, 0.29) is 36.6 Å². The highest BCUT2D eigenvalue weighted by Crippen LogP contribution is 2.23. The molecule has 1 N–H and O–H groups in total. The van der Waals surface area contributed by atoms with Crippen LogP contribution in [0.15, 0.2) is 48.5 Å². The first-order valence-corrected chi connectivity index (χ1v) is 11.4. The fraction of sp³-hybridized carbons (Fsp3) is 0.385. The fourth-order valence-corrected chi connectivity index (χ4v) is 3.96. The van der Waals surface area contributed by atoms with Crippen LogP contribution in [0, 0.1) is 6.92 Å². The molecule has 0 radical (unpaired) electrons. The average molecular weight is 450 g/mol. The van der Waals surface area contributed by atoms with Crippen molar-refractivity contribution in [1.82, 2.24) is 15.1 Å². The van der Waals surface area contributed by atoms with Crippen LogP contribution in [0.3, 0.4) is 0 Å². The Morgan fingerprint density at radius 3 is 2.30 bits per heavy atom. The summed E-state index contributed by atoms with van der Waals surface area (Å²) in [5.74, 6) is -1.04. The maximum atomic E-state index is 13.2. The number of nitrogens with zero attached hydrogens (tertiary/aromatic N) is 2. The molecule has 0 saturated heterocycles. The van der Waals surface area contributed by atoms with Gasteiger partial charge in [0.2, 0.25) is 11.8 Å². The monoisotopic (exact) mass is 449 g/mol. The van der Waals surface area contributed by atoms with Gasteiger partial charge in [0.25, 0.3) is 11.8 Å². The third kappa shape index (κ3) is 5.66. The number of benzene rings is 2. The van der Waals surface area contributed by atoms with E-state index in [1.165, 1.54) is 4.90 Å². The van der Waals surface area contributed by atoms with Crippen LogP contribution in [0.2, 0.25) is 0 Å². The Morgan fingerprint density at radius 1 is 1.03 bits per heavy atom. The number of hydrogen-bond acceptors (Lipinski definition) is 4. The van der Waals surface area contributed by atoms with Crippen molar-refractivity contribution < 1.29 is 19.2 Å². The first kappa shape index (κ1) is 24.2. The van der Waals surface area contributed by atoms with Crippen LogP contribution in [-0.4, -0.2) is 52.6 Å². The highest BCUT2D eigenvalue weighted by atomic mass is 16.2. The Hall–Kier alpha value is -3.48. The normalized spacial score (nSPS) is 13.6. The molecule has 174 valence electrons. The number of nitrogens with one attached hydrogen (secondary N) is 1. The van der Waals surface area contributed by atoms with E-state index in [0.717, 1.165) is 17.5 Å². The Morgan fingerprint density at radius 2 is 1.70 bits per heavy atom. The van der Waals surface area contributed by atoms with E-state index >= 15 is 0 Å². The second-order valence-corrected chi connectivity index (χ2v) is 8.39. The molecule has 0 fully saturated rings. The third-order valence-electron chi connectivity index (χ3n) is 5.80. The van der Waals surface area contributed by atoms with E-state index in [1.54, 1.807) is 36.1 Å². The summed E-state index contributed by atoms with van der Waals surface area (Å²) < 4.78 is 0. The summed E-state index contributed by atoms with van der Waals surface area (Å²) in [6.45, 7) is 6.70. The van der Waals surface area contributed by atoms with Gasteiger partial charge < -0.3 is 10.2 Å². The summed E-state index contributed by atoms with van der Waals surface area (Å²) in [6, 6.07) is 13.9. The van der Waals surface area contributed by atoms with E-state index < -0.39 is 6.04 Å². The molecule has 7 heteroatoms. The zero-order valence-electron chi connectivity index (χ0n) is 19.5. The number of imide groups is 1. The van der Waals surface area contributed by atoms with E-state index in [9.17, 15) is 19.2 Å². The minimum Gasteiger partial charge on any atom is -0.354 e. The van der Waals surface area contributed by atoms with Gasteiger partial charge in [0, 0.05) is 26.1 Å². The molecule has 1 heterocycles. The van der Waals surface area contributed by atoms with E-state index in [2.05, 4.69) is 5.32 Å². The number of aryl methyl sites for hydroxylation is 1. The molecule has 0 bridgehead atoms. The average Bonchev–Trinajstić information content (AvgIpc) is 3.05. The lowest BCUT2D eigenvalue weighted by atomic mass is 10.1. The zero-order valence-corrected chi connectivity index (χ0v) is 19.5. The molecule has 7 nitrogen and oxygen atoms in total. The van der Waals surface area contributed by atoms with Crippen LogP contribution in [0.5, 0.6) is 0 Å². The van der Waals surface area contributed by atoms with Crippen LogP contribution in [0.1, 0.15) is 65.0 Å². The van der Waals surface area contributed by atoms with Crippen molar-refractivity contribution >= 4 is 23.6 Å². The molecule has 0 aromatic heterocycles. The van der Waals surface area contributed by atoms with Gasteiger partial charge in [-0.3, -0.25) is 24.1 Å². The summed E-state index contributed by atoms with van der Waals surface area (Å²) in [6.07, 6.45) is 1.27. The summed E-state index contributed by atoms with van der Waals surface area (Å²) >= 11 is 0. The Labute approximate surface area is 194 Å². The number of fused-ring (bicyclic) bond motifs is 1. The van der Waals surface area contributed by atoms with Crippen LogP contribution >= 0.6 is 0 Å². The first-order valence-electron chi connectivity index (χ1n) is 11.4. The van der Waals surface area contributed by atoms with E-state index in [0.29, 0.717) is 30.6 Å². The highest BCUT2D eigenvalue weighted by molar-refractivity contribution is 6.21. The van der Waals surface area contributed by atoms with Crippen LogP contribution in [0.25, 0.3) is 0 Å². The lowest BCUT2D eigenvalue weighted by Gasteiger charge is -2.29. The van der Waals surface area contributed by atoms with Crippen molar-refractivity contribution in [3.63, 3.8) is 0 Å². The number of hydrogen-bond donors (Lipinski definition) is 1. The van der Waals surface area contributed by atoms with Gasteiger partial charge in [0.05, 0.1) is 11.1 Å². The summed E-state index contributed by atoms with van der Waals surface area (Å²) in [4.78, 5) is 53.6. The molecule has 2 aromatic rings. The third-order valence-corrected chi connectivity index (χ3v) is 5.80. The SMILES string of the molecule is CCCNC(=O)[C@@H](C)N(Cc1cccc(C)c1)C(=O)CCCN1C(=O)c2ccccc2C1=O. The number of rotatable bonds is 10. The fourth-order valence-electron chi connectivity index (χ4n) is 3.96. The molecular weight excluding hydrogens is 418 g/mol. The topological polar surface area (TPSA) is 86.8 Å². The molecule has 0 aliphatic carbocycles. The van der Waals surface area contributed by atoms with Gasteiger partial charge in [-0.25, -0.2) is 0 Å². The van der Waals surface area contributed by atoms with Crippen molar-refractivity contribution in [1.29, 1.82) is 0 Å². The van der Waals surface area contributed by atoms with Gasteiger partial charge in [-0.1, -0.05) is 48.9 Å². The largest absolute Gasteiger partial charge is 0.354 e. The number of carbonyl (C=O) groups excluding carboxylic acids is 4. The molecule has 1 atom stereocenters. The molecule has 1 aliphatic heterocycles. The second kappa shape index (κ2) is 10.9. The first-order chi connectivity index (χ1) is 15.8. The molecule has 0 spiro atoms. The Bertz CT molecular complexity index is 1010. The van der Waals surface area contributed by atoms with Crippen LogP contribution in [0.4, 0.5) is 0 Å². The molecule has 0 unspecified atom stereocenters. The molecule has 1 aliphatic rings. The summed E-state index contributed by atoms with van der Waals surface area (Å²) in [7, 11) is 0. The van der Waals surface area contributed by atoms with Crippen molar-refractivity contribution in [2.45, 2.75) is 52.6 Å². The Balaban J connectivity index is 1.66. The smallest absolute Gasteiger partial charge is 0.261 e. The standard InChI is InChI=1S/C26H31N3O4/c1-4-14-27-24(31)19(3)29(17-20-10-7-9-18(2)16-20)23(30)13-8-15-28-25(32)21-11-5-6-12-22(21)26(28)33/h5-7,9-12,16,19H,4,8,13-15,17H2,1-3H3,(H,27,31)/t19-/m1/s1. The molecule has 33 heavy (non-hydrogen) atoms. The molecule has 0 saturated carbocycles. The van der Waals surface area contributed by atoms with Crippen molar-refractivity contribution in [3.8, 4) is 0 Å². The van der Waals surface area contributed by atoms with Crippen LogP contribution < -0.4 is 5.32 Å². The quantitative estimate of drug-likeness (QED) is 0.564. The predicted molar refractivity (Wildman–Crippen MR) is 126 cm³/mol. The molecule has 4 amide bonds. The van der Waals surface area contributed by atoms with Crippen molar-refractivity contribution in [2.75, 3.05) is 13.1 Å². The number of amides is 4. The zero-order chi connectivity index (χ0) is 24.0. The van der Waals surface area contributed by atoms with Gasteiger partial charge in [0.1, 0.15) is 6.04 Å². The van der Waals surface area contributed by atoms with Gasteiger partial charge in [-0.2, -0.15) is 0 Å². The molecule has 2 aromatic carbocycles. The summed E-state index contributed by atoms with van der Waals surface area (Å²) in [5, 5.41) is 2.86. The lowest BCUT2D eigenvalue weighted by molar-refractivity contribution is -0.140. The minimum atomic E-state index is -0.635. The minimum absolute atomic E-state index is 0.130. The van der Waals surface area contributed by atoms with Crippen molar-refractivity contribution in [2.24, 2.45) is 0 Å². The maximum absolute atomic E-state index is 13.2. The second-order valence-electron chi connectivity index (χ2n) is 8.39. The lowest BCUT2D eigenvalue weighted by Crippen LogP contribution is -2.47. The highest BCUT2D eigenvalue weighted by Gasteiger charge is 2.35. The molecule has 3 rings (SSSR count). The maximum Gasteiger partial charge on any atom is 0.261 e. The van der Waals surface area contributed by atoms with Crippen LogP contribution in [-0.2, 0) is 16.1 Å². The van der Waals surface area contributed by atoms with Crippen molar-refractivity contribution in [3.05, 3.63) is 70.8 Å². The Kier molecular flexibility index (Phi) is 7.98. The van der Waals surface area contributed by atoms with Gasteiger partial charge in [0.15, 0.2) is 0 Å². The van der Waals surface area contributed by atoms with Gasteiger partial charge in [-0.05, 0) is 44.4 Å². The van der Waals surface area contributed by atoms with E-state index in [1.807, 2.05) is 38.1 Å². The number of carbonyl (C=O) groups is 4. The molecular formula is C26H31N3O4. The van der Waals surface area contributed by atoms with Gasteiger partial charge in [-0.15, -0.1) is 0 Å².